The van der Waals surface area contributed by atoms with Crippen molar-refractivity contribution in [2.45, 2.75) is 38.5 Å². The van der Waals surface area contributed by atoms with Gasteiger partial charge in [0, 0.05) is 19.4 Å². The SMILES string of the molecule is CC(CC(=O)Nc1nc(C2CCNCC2)nn1C)Cc1cccc(F)c1.Cl. The highest BCUT2D eigenvalue weighted by Gasteiger charge is 2.21. The minimum absolute atomic E-state index is 0. The summed E-state index contributed by atoms with van der Waals surface area (Å²) in [5, 5.41) is 10.7. The molecule has 6 nitrogen and oxygen atoms in total. The first-order valence-corrected chi connectivity index (χ1v) is 9.17. The van der Waals surface area contributed by atoms with Gasteiger partial charge in [0.25, 0.3) is 0 Å². The van der Waals surface area contributed by atoms with E-state index in [1.807, 2.05) is 13.0 Å². The number of hydrogen-bond donors (Lipinski definition) is 2. The van der Waals surface area contributed by atoms with Gasteiger partial charge in [-0.1, -0.05) is 19.1 Å². The van der Waals surface area contributed by atoms with Crippen molar-refractivity contribution in [2.24, 2.45) is 13.0 Å². The summed E-state index contributed by atoms with van der Waals surface area (Å²) >= 11 is 0. The van der Waals surface area contributed by atoms with Gasteiger partial charge in [-0.2, -0.15) is 10.1 Å². The van der Waals surface area contributed by atoms with Crippen LogP contribution in [0.4, 0.5) is 10.3 Å². The van der Waals surface area contributed by atoms with E-state index >= 15 is 0 Å². The third-order valence-electron chi connectivity index (χ3n) is 4.74. The van der Waals surface area contributed by atoms with Crippen LogP contribution in [0.25, 0.3) is 0 Å². The number of anilines is 1. The molecule has 0 radical (unpaired) electrons. The number of halogens is 2. The molecule has 1 amide bonds. The molecule has 27 heavy (non-hydrogen) atoms. The number of carbonyl (C=O) groups excluding carboxylic acids is 1. The van der Waals surface area contributed by atoms with E-state index in [9.17, 15) is 9.18 Å². The van der Waals surface area contributed by atoms with Gasteiger partial charge in [0.15, 0.2) is 5.82 Å². The molecular weight excluding hydrogens is 369 g/mol. The van der Waals surface area contributed by atoms with E-state index in [1.54, 1.807) is 17.8 Å². The molecule has 1 aliphatic rings. The maximum atomic E-state index is 13.3. The topological polar surface area (TPSA) is 71.8 Å². The van der Waals surface area contributed by atoms with Crippen LogP contribution in [0.15, 0.2) is 24.3 Å². The fourth-order valence-electron chi connectivity index (χ4n) is 3.40. The monoisotopic (exact) mass is 395 g/mol. The highest BCUT2D eigenvalue weighted by molar-refractivity contribution is 5.89. The Balaban J connectivity index is 0.00000261. The van der Waals surface area contributed by atoms with E-state index in [0.29, 0.717) is 24.7 Å². The largest absolute Gasteiger partial charge is 0.317 e. The summed E-state index contributed by atoms with van der Waals surface area (Å²) in [7, 11) is 1.80. The first-order chi connectivity index (χ1) is 12.5. The zero-order valence-electron chi connectivity index (χ0n) is 15.7. The van der Waals surface area contributed by atoms with E-state index < -0.39 is 0 Å². The number of benzene rings is 1. The van der Waals surface area contributed by atoms with Crippen LogP contribution in [0.1, 0.15) is 43.5 Å². The fourth-order valence-corrected chi connectivity index (χ4v) is 3.40. The highest BCUT2D eigenvalue weighted by atomic mass is 35.5. The lowest BCUT2D eigenvalue weighted by molar-refractivity contribution is -0.117. The molecule has 1 saturated heterocycles. The van der Waals surface area contributed by atoms with E-state index in [2.05, 4.69) is 20.7 Å². The first-order valence-electron chi connectivity index (χ1n) is 9.17. The number of aromatic nitrogens is 3. The molecule has 0 saturated carbocycles. The molecule has 3 rings (SSSR count). The van der Waals surface area contributed by atoms with Gasteiger partial charge in [-0.25, -0.2) is 9.07 Å². The lowest BCUT2D eigenvalue weighted by Gasteiger charge is -2.19. The van der Waals surface area contributed by atoms with E-state index in [0.717, 1.165) is 37.3 Å². The molecule has 2 aromatic rings. The van der Waals surface area contributed by atoms with Gasteiger partial charge < -0.3 is 5.32 Å². The summed E-state index contributed by atoms with van der Waals surface area (Å²) in [6, 6.07) is 6.52. The van der Waals surface area contributed by atoms with Crippen LogP contribution in [0.5, 0.6) is 0 Å². The lowest BCUT2D eigenvalue weighted by atomic mass is 9.97. The molecule has 8 heteroatoms. The number of hydrogen-bond acceptors (Lipinski definition) is 4. The van der Waals surface area contributed by atoms with Gasteiger partial charge in [-0.15, -0.1) is 12.4 Å². The van der Waals surface area contributed by atoms with Crippen LogP contribution in [0, 0.1) is 11.7 Å². The second kappa shape index (κ2) is 9.80. The molecule has 0 aliphatic carbocycles. The van der Waals surface area contributed by atoms with Gasteiger partial charge >= 0.3 is 0 Å². The van der Waals surface area contributed by atoms with Crippen molar-refractivity contribution >= 4 is 24.3 Å². The predicted octanol–water partition coefficient (Wildman–Crippen LogP) is 3.05. The molecule has 1 fully saturated rings. The third kappa shape index (κ3) is 6.01. The number of amides is 1. The van der Waals surface area contributed by atoms with Crippen molar-refractivity contribution in [1.29, 1.82) is 0 Å². The summed E-state index contributed by atoms with van der Waals surface area (Å²) in [5.41, 5.74) is 0.900. The zero-order chi connectivity index (χ0) is 18.5. The molecule has 2 N–H and O–H groups in total. The van der Waals surface area contributed by atoms with Crippen molar-refractivity contribution in [3.63, 3.8) is 0 Å². The minimum Gasteiger partial charge on any atom is -0.317 e. The second-order valence-corrected chi connectivity index (χ2v) is 7.13. The smallest absolute Gasteiger partial charge is 0.227 e. The molecule has 1 unspecified atom stereocenters. The third-order valence-corrected chi connectivity index (χ3v) is 4.74. The molecule has 2 heterocycles. The Labute approximate surface area is 165 Å². The number of nitrogens with one attached hydrogen (secondary N) is 2. The minimum atomic E-state index is -0.247. The number of nitrogens with zero attached hydrogens (tertiary/aromatic N) is 3. The molecule has 1 atom stereocenters. The van der Waals surface area contributed by atoms with Gasteiger partial charge in [0.05, 0.1) is 0 Å². The standard InChI is InChI=1S/C19H26FN5O.ClH/c1-13(10-14-4-3-5-16(20)12-14)11-17(26)22-19-23-18(24-25(19)2)15-6-8-21-9-7-15;/h3-5,12-13,15,21H,6-11H2,1-2H3,(H,22,23,24,26);1H. The number of piperidine rings is 1. The predicted molar refractivity (Wildman–Crippen MR) is 106 cm³/mol. The summed E-state index contributed by atoms with van der Waals surface area (Å²) in [4.78, 5) is 16.9. The summed E-state index contributed by atoms with van der Waals surface area (Å²) < 4.78 is 14.9. The van der Waals surface area contributed by atoms with E-state index in [4.69, 9.17) is 0 Å². The molecule has 0 bridgehead atoms. The number of rotatable bonds is 6. The number of aryl methyl sites for hydroxylation is 1. The maximum absolute atomic E-state index is 13.3. The second-order valence-electron chi connectivity index (χ2n) is 7.13. The Morgan fingerprint density at radius 1 is 1.41 bits per heavy atom. The van der Waals surface area contributed by atoms with Crippen LogP contribution >= 0.6 is 12.4 Å². The number of carbonyl (C=O) groups is 1. The average molecular weight is 396 g/mol. The van der Waals surface area contributed by atoms with Crippen molar-refractivity contribution in [2.75, 3.05) is 18.4 Å². The Morgan fingerprint density at radius 3 is 2.85 bits per heavy atom. The van der Waals surface area contributed by atoms with Crippen LogP contribution < -0.4 is 10.6 Å². The fraction of sp³-hybridized carbons (Fsp3) is 0.526. The van der Waals surface area contributed by atoms with Crippen LogP contribution in [-0.2, 0) is 18.3 Å². The average Bonchev–Trinajstić information content (AvgIpc) is 2.96. The highest BCUT2D eigenvalue weighted by Crippen LogP contribution is 2.23. The van der Waals surface area contributed by atoms with Crippen LogP contribution in [-0.4, -0.2) is 33.8 Å². The van der Waals surface area contributed by atoms with Gasteiger partial charge in [0.2, 0.25) is 11.9 Å². The van der Waals surface area contributed by atoms with Gasteiger partial charge in [-0.05, 0) is 56.0 Å². The maximum Gasteiger partial charge on any atom is 0.227 e. The molecule has 0 spiro atoms. The first kappa shape index (κ1) is 21.3. The van der Waals surface area contributed by atoms with Crippen molar-refractivity contribution in [3.05, 3.63) is 41.5 Å². The quantitative estimate of drug-likeness (QED) is 0.788. The van der Waals surface area contributed by atoms with Crippen molar-refractivity contribution < 1.29 is 9.18 Å². The molecular formula is C19H27ClFN5O. The Kier molecular flexibility index (Phi) is 7.74. The Morgan fingerprint density at radius 2 is 2.15 bits per heavy atom. The van der Waals surface area contributed by atoms with Crippen molar-refractivity contribution in [1.82, 2.24) is 20.1 Å². The van der Waals surface area contributed by atoms with Crippen LogP contribution in [0.2, 0.25) is 0 Å². The Bertz CT molecular complexity index is 760. The molecule has 1 aromatic heterocycles. The van der Waals surface area contributed by atoms with E-state index in [1.165, 1.54) is 12.1 Å². The summed E-state index contributed by atoms with van der Waals surface area (Å²) in [6.07, 6.45) is 3.04. The lowest BCUT2D eigenvalue weighted by Crippen LogP contribution is -2.27. The van der Waals surface area contributed by atoms with Crippen molar-refractivity contribution in [3.8, 4) is 0 Å². The summed E-state index contributed by atoms with van der Waals surface area (Å²) in [5.74, 6) is 1.40. The van der Waals surface area contributed by atoms with E-state index in [-0.39, 0.29) is 30.0 Å². The van der Waals surface area contributed by atoms with Crippen LogP contribution in [0.3, 0.4) is 0 Å². The summed E-state index contributed by atoms with van der Waals surface area (Å²) in [6.45, 7) is 3.94. The Hall–Kier alpha value is -1.99. The van der Waals surface area contributed by atoms with Gasteiger partial charge in [0.1, 0.15) is 5.82 Å². The van der Waals surface area contributed by atoms with Gasteiger partial charge in [-0.3, -0.25) is 10.1 Å². The normalized spacial score (nSPS) is 15.8. The zero-order valence-corrected chi connectivity index (χ0v) is 16.6. The molecule has 1 aromatic carbocycles. The molecule has 148 valence electrons. The molecule has 1 aliphatic heterocycles.